The van der Waals surface area contributed by atoms with Crippen molar-refractivity contribution in [2.24, 2.45) is 17.8 Å². The summed E-state index contributed by atoms with van der Waals surface area (Å²) in [4.78, 5) is 62.7. The monoisotopic (exact) mass is 873 g/mol. The Morgan fingerprint density at radius 1 is 1.16 bits per heavy atom. The normalized spacial score (nSPS) is 31.7. The van der Waals surface area contributed by atoms with Crippen molar-refractivity contribution in [1.29, 1.82) is 0 Å². The molecule has 3 N–H and O–H groups in total. The number of benzene rings is 1. The lowest BCUT2D eigenvalue weighted by Crippen LogP contribution is -2.64. The Balaban J connectivity index is 1.36. The van der Waals surface area contributed by atoms with E-state index in [9.17, 15) is 27.9 Å². The van der Waals surface area contributed by atoms with Gasteiger partial charge in [0.25, 0.3) is 11.8 Å². The van der Waals surface area contributed by atoms with Gasteiger partial charge in [-0.1, -0.05) is 32.9 Å². The number of sulfonamides is 1. The molecular formula is C43H57F2N5O10S. The van der Waals surface area contributed by atoms with Crippen LogP contribution in [0.2, 0.25) is 0 Å². The molecule has 3 fully saturated rings. The number of pyridine rings is 1. The highest BCUT2D eigenvalue weighted by Gasteiger charge is 2.71. The van der Waals surface area contributed by atoms with Gasteiger partial charge >= 0.3 is 12.1 Å². The van der Waals surface area contributed by atoms with Gasteiger partial charge < -0.3 is 24.6 Å². The first kappa shape index (κ1) is 44.3. The number of nitrogens with one attached hydrogen (secondary N) is 2. The summed E-state index contributed by atoms with van der Waals surface area (Å²) < 4.78 is 80.9. The number of amides is 4. The number of rotatable bonds is 9. The fraction of sp³-hybridized carbons (Fsp3) is 0.651. The second kappa shape index (κ2) is 15.9. The molecule has 5 aliphatic rings. The van der Waals surface area contributed by atoms with E-state index in [0.717, 1.165) is 17.4 Å². The molecule has 1 aromatic heterocycles. The number of carbonyl (C=O) groups excluding carboxylic acids is 3. The fourth-order valence-electron chi connectivity index (χ4n) is 9.28. The summed E-state index contributed by atoms with van der Waals surface area (Å²) >= 11 is 0. The summed E-state index contributed by atoms with van der Waals surface area (Å²) in [5.74, 6) is -4.62. The molecule has 8 atom stereocenters. The van der Waals surface area contributed by atoms with Crippen molar-refractivity contribution in [3.63, 3.8) is 0 Å². The van der Waals surface area contributed by atoms with Gasteiger partial charge in [-0.25, -0.2) is 13.2 Å². The van der Waals surface area contributed by atoms with Gasteiger partial charge in [-0.2, -0.15) is 13.8 Å². The van der Waals surface area contributed by atoms with Crippen molar-refractivity contribution in [3.8, 4) is 17.5 Å². The van der Waals surface area contributed by atoms with E-state index < -0.39 is 92.2 Å². The number of aryl methyl sites for hydroxylation is 1. The lowest BCUT2D eigenvalue weighted by Gasteiger charge is -2.42. The molecule has 15 nitrogen and oxygen atoms in total. The average Bonchev–Trinajstić information content (AvgIpc) is 4.11. The second-order valence-electron chi connectivity index (χ2n) is 18.2. The summed E-state index contributed by atoms with van der Waals surface area (Å²) in [6.45, 7) is 9.78. The van der Waals surface area contributed by atoms with Crippen molar-refractivity contribution in [2.75, 3.05) is 13.7 Å². The number of aromatic nitrogens is 1. The Bertz CT molecular complexity index is 2250. The fourth-order valence-corrected chi connectivity index (χ4v) is 10.6. The van der Waals surface area contributed by atoms with E-state index >= 15 is 13.6 Å². The van der Waals surface area contributed by atoms with E-state index in [4.69, 9.17) is 14.2 Å². The van der Waals surface area contributed by atoms with Crippen molar-refractivity contribution in [3.05, 3.63) is 35.9 Å². The maximum atomic E-state index is 17.9. The molecule has 334 valence electrons. The molecule has 1 unspecified atom stereocenters. The molecule has 4 amide bonds. The number of methoxy groups -OCH3 is 1. The number of allylic oxidation sites excluding steroid dienone is 1. The minimum absolute atomic E-state index is 0.0251. The SMILES string of the molecule is CCC(C)N(C(=O)O)[C@@H]1C(=O)N2[C@@H](C[C@@](C)(Oc3nc4c(c5cc(OC)ccc35)CCCO4)C2(F)F)C(=O)N[C@]2(C(=O)NS(=O)(=O)C3(C)CC3)C[C@H]2/C=C\CC[C@H](C)C[C@H]1C. The van der Waals surface area contributed by atoms with Crippen LogP contribution in [0.5, 0.6) is 17.5 Å². The summed E-state index contributed by atoms with van der Waals surface area (Å²) in [6.07, 6.45) is 4.82. The number of hydrogen-bond acceptors (Lipinski definition) is 10. The van der Waals surface area contributed by atoms with Gasteiger partial charge in [0.05, 0.1) is 18.5 Å². The van der Waals surface area contributed by atoms with Crippen LogP contribution in [0.4, 0.5) is 13.6 Å². The molecular weight excluding hydrogens is 817 g/mol. The Morgan fingerprint density at radius 2 is 1.89 bits per heavy atom. The van der Waals surface area contributed by atoms with Crippen molar-refractivity contribution in [1.82, 2.24) is 24.8 Å². The van der Waals surface area contributed by atoms with Gasteiger partial charge in [0, 0.05) is 29.3 Å². The number of alkyl halides is 2. The molecule has 18 heteroatoms. The molecule has 4 heterocycles. The third-order valence-corrected chi connectivity index (χ3v) is 15.9. The Morgan fingerprint density at radius 3 is 2.54 bits per heavy atom. The first-order valence-corrected chi connectivity index (χ1v) is 22.7. The summed E-state index contributed by atoms with van der Waals surface area (Å²) in [5.41, 5.74) is -3.78. The van der Waals surface area contributed by atoms with Crippen LogP contribution in [0.3, 0.4) is 0 Å². The zero-order chi connectivity index (χ0) is 44.4. The highest BCUT2D eigenvalue weighted by molar-refractivity contribution is 7.91. The van der Waals surface area contributed by atoms with Crippen LogP contribution in [0.1, 0.15) is 105 Å². The van der Waals surface area contributed by atoms with Gasteiger partial charge in [-0.05, 0) is 114 Å². The van der Waals surface area contributed by atoms with E-state index in [1.807, 2.05) is 13.0 Å². The van der Waals surface area contributed by atoms with Crippen LogP contribution in [0.25, 0.3) is 10.8 Å². The third-order valence-electron chi connectivity index (χ3n) is 13.7. The van der Waals surface area contributed by atoms with Crippen molar-refractivity contribution >= 4 is 44.6 Å². The number of ether oxygens (including phenoxy) is 3. The molecule has 3 aliphatic heterocycles. The molecule has 1 saturated heterocycles. The molecule has 7 rings (SSSR count). The first-order valence-electron chi connectivity index (χ1n) is 21.2. The number of nitrogens with zero attached hydrogens (tertiary/aromatic N) is 3. The Labute approximate surface area is 355 Å². The summed E-state index contributed by atoms with van der Waals surface area (Å²) in [7, 11) is -2.68. The standard InChI is InChI=1S/C43H57F2N5O10S/c1-8-26(4)49(39(54)55)33-25(3)20-24(2)12-9-10-13-27-22-42(27,38(53)48-61(56,57)40(5)17-18-40)47-34(51)32-23-41(6,43(44,45)50(32)37(33)52)60-36-30-16-15-28(58-7)21-31(30)29-14-11-19-59-35(29)46-36/h10,13,15-16,21,24-27,32-33H,8-9,11-12,14,17-20,22-23H2,1-7H3,(H,47,51)(H,48,53)(H,54,55)/b13-10-/t24-,25+,26?,27+,32-,33-,41+,42+/m0/s1. The predicted molar refractivity (Wildman–Crippen MR) is 220 cm³/mol. The molecule has 2 aromatic rings. The summed E-state index contributed by atoms with van der Waals surface area (Å²) in [5, 5.41) is 14.2. The molecule has 1 aromatic carbocycles. The number of halogens is 2. The number of fused-ring (bicyclic) bond motifs is 5. The first-order chi connectivity index (χ1) is 28.6. The zero-order valence-corrected chi connectivity index (χ0v) is 36.6. The second-order valence-corrected chi connectivity index (χ2v) is 20.4. The van der Waals surface area contributed by atoms with Crippen LogP contribution in [0, 0.1) is 17.8 Å². The third kappa shape index (κ3) is 7.75. The van der Waals surface area contributed by atoms with Gasteiger partial charge in [-0.3, -0.25) is 28.9 Å². The minimum Gasteiger partial charge on any atom is -0.497 e. The quantitative estimate of drug-likeness (QED) is 0.200. The van der Waals surface area contributed by atoms with Gasteiger partial charge in [0.15, 0.2) is 5.60 Å². The molecule has 0 radical (unpaired) electrons. The number of carboxylic acid groups (broad SMARTS) is 1. The van der Waals surface area contributed by atoms with E-state index in [2.05, 4.69) is 15.0 Å². The lowest BCUT2D eigenvalue weighted by atomic mass is 9.86. The highest BCUT2D eigenvalue weighted by Crippen LogP contribution is 2.52. The van der Waals surface area contributed by atoms with E-state index in [0.29, 0.717) is 61.7 Å². The van der Waals surface area contributed by atoms with Gasteiger partial charge in [0.2, 0.25) is 27.7 Å². The van der Waals surface area contributed by atoms with Gasteiger partial charge in [0.1, 0.15) is 23.4 Å². The van der Waals surface area contributed by atoms with Crippen LogP contribution < -0.4 is 24.2 Å². The molecule has 2 saturated carbocycles. The number of carbonyl (C=O) groups is 4. The van der Waals surface area contributed by atoms with Crippen LogP contribution >= 0.6 is 0 Å². The van der Waals surface area contributed by atoms with Crippen molar-refractivity contribution < 1.29 is 55.7 Å². The lowest BCUT2D eigenvalue weighted by molar-refractivity contribution is -0.219. The molecule has 2 aliphatic carbocycles. The highest BCUT2D eigenvalue weighted by atomic mass is 32.2. The molecule has 0 spiro atoms. The largest absolute Gasteiger partial charge is 0.497 e. The number of hydrogen-bond donors (Lipinski definition) is 3. The molecule has 0 bridgehead atoms. The predicted octanol–water partition coefficient (Wildman–Crippen LogP) is 5.93. The van der Waals surface area contributed by atoms with Crippen LogP contribution in [-0.4, -0.2) is 106 Å². The van der Waals surface area contributed by atoms with E-state index in [1.165, 1.54) is 14.0 Å². The maximum Gasteiger partial charge on any atom is 0.408 e. The maximum absolute atomic E-state index is 17.9. The van der Waals surface area contributed by atoms with Crippen LogP contribution in [-0.2, 0) is 30.8 Å². The van der Waals surface area contributed by atoms with Crippen LogP contribution in [0.15, 0.2) is 30.4 Å². The van der Waals surface area contributed by atoms with Crippen molar-refractivity contribution in [2.45, 2.75) is 146 Å². The van der Waals surface area contributed by atoms with E-state index in [1.54, 1.807) is 45.0 Å². The van der Waals surface area contributed by atoms with E-state index in [-0.39, 0.29) is 41.8 Å². The van der Waals surface area contributed by atoms with Gasteiger partial charge in [-0.15, -0.1) is 0 Å². The Kier molecular flexibility index (Phi) is 11.5. The minimum atomic E-state index is -4.30. The smallest absolute Gasteiger partial charge is 0.408 e. The molecule has 61 heavy (non-hydrogen) atoms. The summed E-state index contributed by atoms with van der Waals surface area (Å²) in [6, 6.07) is -3.79. The zero-order valence-electron chi connectivity index (χ0n) is 35.8. The Hall–Kier alpha value is -4.74. The topological polar surface area (TPSA) is 194 Å². The average molecular weight is 874 g/mol.